The molecule has 4 nitrogen and oxygen atoms in total. The van der Waals surface area contributed by atoms with E-state index >= 15 is 0 Å². The first-order chi connectivity index (χ1) is 12.0. The molecule has 3 aromatic rings. The molecule has 0 saturated carbocycles. The SMILES string of the molecule is Cc1ccc(Cl)cc1NC(=O)CSc1ncc(-c2ccccc2)n1C. The number of imidazole rings is 1. The van der Waals surface area contributed by atoms with Crippen molar-refractivity contribution in [3.63, 3.8) is 0 Å². The summed E-state index contributed by atoms with van der Waals surface area (Å²) in [4.78, 5) is 16.7. The monoisotopic (exact) mass is 371 g/mol. The molecule has 0 aliphatic rings. The Labute approximate surface area is 156 Å². The number of nitrogens with zero attached hydrogens (tertiary/aromatic N) is 2. The van der Waals surface area contributed by atoms with E-state index in [0.717, 1.165) is 27.7 Å². The summed E-state index contributed by atoms with van der Waals surface area (Å²) in [5.41, 5.74) is 3.84. The Balaban J connectivity index is 1.65. The van der Waals surface area contributed by atoms with Gasteiger partial charge in [0.05, 0.1) is 17.6 Å². The number of benzene rings is 2. The van der Waals surface area contributed by atoms with Crippen molar-refractivity contribution in [2.75, 3.05) is 11.1 Å². The molecule has 1 amide bonds. The quantitative estimate of drug-likeness (QED) is 0.656. The van der Waals surface area contributed by atoms with Gasteiger partial charge in [0, 0.05) is 17.8 Å². The van der Waals surface area contributed by atoms with Gasteiger partial charge in [-0.3, -0.25) is 4.79 Å². The summed E-state index contributed by atoms with van der Waals surface area (Å²) in [6.07, 6.45) is 1.83. The Morgan fingerprint density at radius 3 is 2.76 bits per heavy atom. The van der Waals surface area contributed by atoms with E-state index in [9.17, 15) is 4.79 Å². The van der Waals surface area contributed by atoms with Crippen molar-refractivity contribution in [1.29, 1.82) is 0 Å². The minimum absolute atomic E-state index is 0.0837. The average molecular weight is 372 g/mol. The molecule has 2 aromatic carbocycles. The molecule has 3 rings (SSSR count). The smallest absolute Gasteiger partial charge is 0.234 e. The number of hydrogen-bond donors (Lipinski definition) is 1. The van der Waals surface area contributed by atoms with Crippen molar-refractivity contribution >= 4 is 35.0 Å². The van der Waals surface area contributed by atoms with Crippen molar-refractivity contribution in [3.05, 3.63) is 65.3 Å². The van der Waals surface area contributed by atoms with Gasteiger partial charge in [-0.25, -0.2) is 4.98 Å². The number of aromatic nitrogens is 2. The molecule has 1 N–H and O–H groups in total. The number of rotatable bonds is 5. The number of anilines is 1. The molecule has 0 aliphatic heterocycles. The van der Waals surface area contributed by atoms with Crippen molar-refractivity contribution in [3.8, 4) is 11.3 Å². The normalized spacial score (nSPS) is 10.7. The predicted molar refractivity (Wildman–Crippen MR) is 104 cm³/mol. The van der Waals surface area contributed by atoms with Crippen LogP contribution in [0.15, 0.2) is 59.9 Å². The van der Waals surface area contributed by atoms with Crippen LogP contribution in [0.4, 0.5) is 5.69 Å². The molecule has 0 radical (unpaired) electrons. The van der Waals surface area contributed by atoms with E-state index < -0.39 is 0 Å². The van der Waals surface area contributed by atoms with E-state index in [2.05, 4.69) is 10.3 Å². The van der Waals surface area contributed by atoms with Crippen LogP contribution in [0.1, 0.15) is 5.56 Å². The number of halogens is 1. The van der Waals surface area contributed by atoms with E-state index in [1.807, 2.05) is 61.1 Å². The molecule has 1 aromatic heterocycles. The topological polar surface area (TPSA) is 46.9 Å². The van der Waals surface area contributed by atoms with Crippen molar-refractivity contribution in [2.45, 2.75) is 12.1 Å². The third kappa shape index (κ3) is 4.24. The summed E-state index contributed by atoms with van der Waals surface area (Å²) >= 11 is 7.39. The fraction of sp³-hybridized carbons (Fsp3) is 0.158. The second kappa shape index (κ2) is 7.76. The second-order valence-electron chi connectivity index (χ2n) is 5.65. The summed E-state index contributed by atoms with van der Waals surface area (Å²) in [7, 11) is 1.96. The fourth-order valence-electron chi connectivity index (χ4n) is 2.45. The van der Waals surface area contributed by atoms with Crippen LogP contribution >= 0.6 is 23.4 Å². The predicted octanol–water partition coefficient (Wildman–Crippen LogP) is 4.78. The molecule has 128 valence electrons. The molecule has 25 heavy (non-hydrogen) atoms. The van der Waals surface area contributed by atoms with E-state index in [4.69, 9.17) is 11.6 Å². The van der Waals surface area contributed by atoms with Gasteiger partial charge in [0.1, 0.15) is 0 Å². The molecule has 0 saturated heterocycles. The maximum atomic E-state index is 12.2. The van der Waals surface area contributed by atoms with Crippen LogP contribution < -0.4 is 5.32 Å². The first-order valence-electron chi connectivity index (χ1n) is 7.80. The lowest BCUT2D eigenvalue weighted by Gasteiger charge is -2.09. The molecule has 0 unspecified atom stereocenters. The third-order valence-electron chi connectivity index (χ3n) is 3.82. The maximum absolute atomic E-state index is 12.2. The van der Waals surface area contributed by atoms with Crippen molar-refractivity contribution in [2.24, 2.45) is 7.05 Å². The van der Waals surface area contributed by atoms with E-state index in [-0.39, 0.29) is 11.7 Å². The highest BCUT2D eigenvalue weighted by molar-refractivity contribution is 7.99. The highest BCUT2D eigenvalue weighted by atomic mass is 35.5. The maximum Gasteiger partial charge on any atom is 0.234 e. The molecular formula is C19H18ClN3OS. The Bertz CT molecular complexity index is 893. The van der Waals surface area contributed by atoms with Crippen LogP contribution in [0, 0.1) is 6.92 Å². The lowest BCUT2D eigenvalue weighted by molar-refractivity contribution is -0.113. The first-order valence-corrected chi connectivity index (χ1v) is 9.17. The first kappa shape index (κ1) is 17.6. The zero-order chi connectivity index (χ0) is 17.8. The van der Waals surface area contributed by atoms with Gasteiger partial charge in [0.25, 0.3) is 0 Å². The largest absolute Gasteiger partial charge is 0.325 e. The summed E-state index contributed by atoms with van der Waals surface area (Å²) < 4.78 is 2.00. The molecule has 0 aliphatic carbocycles. The van der Waals surface area contributed by atoms with E-state index in [1.165, 1.54) is 11.8 Å². The van der Waals surface area contributed by atoms with Crippen molar-refractivity contribution in [1.82, 2.24) is 9.55 Å². The number of nitrogens with one attached hydrogen (secondary N) is 1. The van der Waals surface area contributed by atoms with Crippen LogP contribution in [0.5, 0.6) is 0 Å². The van der Waals surface area contributed by atoms with E-state index in [0.29, 0.717) is 5.02 Å². The highest BCUT2D eigenvalue weighted by Crippen LogP contribution is 2.25. The lowest BCUT2D eigenvalue weighted by atomic mass is 10.2. The molecular weight excluding hydrogens is 354 g/mol. The molecule has 0 bridgehead atoms. The number of aryl methyl sites for hydroxylation is 1. The van der Waals surface area contributed by atoms with Gasteiger partial charge in [0.15, 0.2) is 5.16 Å². The fourth-order valence-corrected chi connectivity index (χ4v) is 3.37. The Morgan fingerprint density at radius 2 is 2.00 bits per heavy atom. The summed E-state index contributed by atoms with van der Waals surface area (Å²) in [5.74, 6) is 0.199. The van der Waals surface area contributed by atoms with Gasteiger partial charge >= 0.3 is 0 Å². The van der Waals surface area contributed by atoms with Crippen LogP contribution in [-0.2, 0) is 11.8 Å². The molecule has 0 atom stereocenters. The highest BCUT2D eigenvalue weighted by Gasteiger charge is 2.12. The number of amides is 1. The third-order valence-corrected chi connectivity index (χ3v) is 5.10. The minimum Gasteiger partial charge on any atom is -0.325 e. The number of carbonyl (C=O) groups excluding carboxylic acids is 1. The summed E-state index contributed by atoms with van der Waals surface area (Å²) in [5, 5.41) is 4.30. The summed E-state index contributed by atoms with van der Waals surface area (Å²) in [6, 6.07) is 15.5. The average Bonchev–Trinajstić information content (AvgIpc) is 2.98. The van der Waals surface area contributed by atoms with E-state index in [1.54, 1.807) is 12.1 Å². The van der Waals surface area contributed by atoms with Gasteiger partial charge in [-0.1, -0.05) is 59.8 Å². The number of carbonyl (C=O) groups is 1. The number of hydrogen-bond acceptors (Lipinski definition) is 3. The second-order valence-corrected chi connectivity index (χ2v) is 7.03. The number of thioether (sulfide) groups is 1. The lowest BCUT2D eigenvalue weighted by Crippen LogP contribution is -2.15. The van der Waals surface area contributed by atoms with Crippen LogP contribution in [0.25, 0.3) is 11.3 Å². The van der Waals surface area contributed by atoms with Crippen molar-refractivity contribution < 1.29 is 4.79 Å². The van der Waals surface area contributed by atoms with Crippen LogP contribution in [0.2, 0.25) is 5.02 Å². The van der Waals surface area contributed by atoms with Crippen LogP contribution in [-0.4, -0.2) is 21.2 Å². The van der Waals surface area contributed by atoms with Gasteiger partial charge in [-0.15, -0.1) is 0 Å². The summed E-state index contributed by atoms with van der Waals surface area (Å²) in [6.45, 7) is 1.93. The van der Waals surface area contributed by atoms with Gasteiger partial charge in [-0.2, -0.15) is 0 Å². The molecule has 6 heteroatoms. The minimum atomic E-state index is -0.0837. The van der Waals surface area contributed by atoms with Gasteiger partial charge in [0.2, 0.25) is 5.91 Å². The molecule has 0 spiro atoms. The molecule has 1 heterocycles. The standard InChI is InChI=1S/C19H18ClN3OS/c1-13-8-9-15(20)10-16(13)22-18(24)12-25-19-21-11-17(23(19)2)14-6-4-3-5-7-14/h3-11H,12H2,1-2H3,(H,22,24). The zero-order valence-electron chi connectivity index (χ0n) is 14.0. The Hall–Kier alpha value is -2.24. The Morgan fingerprint density at radius 1 is 1.24 bits per heavy atom. The van der Waals surface area contributed by atoms with Crippen LogP contribution in [0.3, 0.4) is 0 Å². The van der Waals surface area contributed by atoms with Gasteiger partial charge in [-0.05, 0) is 30.2 Å². The zero-order valence-corrected chi connectivity index (χ0v) is 15.6. The van der Waals surface area contributed by atoms with Gasteiger partial charge < -0.3 is 9.88 Å². The molecule has 0 fully saturated rings. The Kier molecular flexibility index (Phi) is 5.46.